The van der Waals surface area contributed by atoms with Gasteiger partial charge in [0.25, 0.3) is 11.5 Å². The summed E-state index contributed by atoms with van der Waals surface area (Å²) in [7, 11) is 0.739. The summed E-state index contributed by atoms with van der Waals surface area (Å²) < 4.78 is 50.8. The number of benzene rings is 1. The first-order valence-electron chi connectivity index (χ1n) is 7.07. The van der Waals surface area contributed by atoms with E-state index >= 15 is 0 Å². The fourth-order valence-corrected chi connectivity index (χ4v) is 2.65. The molecule has 2 rings (SSSR count). The summed E-state index contributed by atoms with van der Waals surface area (Å²) in [5.41, 5.74) is -6.00. The second kappa shape index (κ2) is 6.40. The second-order valence-corrected chi connectivity index (χ2v) is 5.29. The van der Waals surface area contributed by atoms with Crippen LogP contribution in [0.15, 0.2) is 30.3 Å². The Morgan fingerprint density at radius 3 is 2.33 bits per heavy atom. The lowest BCUT2D eigenvalue weighted by Crippen LogP contribution is -2.63. The minimum Gasteiger partial charge on any atom is -0.478 e. The Kier molecular flexibility index (Phi) is 4.86. The van der Waals surface area contributed by atoms with Crippen molar-refractivity contribution in [2.75, 3.05) is 13.7 Å². The van der Waals surface area contributed by atoms with Gasteiger partial charge in [-0.3, -0.25) is 4.79 Å². The highest BCUT2D eigenvalue weighted by molar-refractivity contribution is 5.92. The van der Waals surface area contributed by atoms with Crippen LogP contribution in [-0.2, 0) is 24.7 Å². The summed E-state index contributed by atoms with van der Waals surface area (Å²) in [5, 5.41) is 11.1. The maximum Gasteiger partial charge on any atom is 0.430 e. The molecule has 1 aliphatic rings. The topological polar surface area (TPSA) is 84.9 Å². The molecule has 9 heteroatoms. The van der Waals surface area contributed by atoms with Crippen molar-refractivity contribution in [1.29, 1.82) is 0 Å². The molecule has 132 valence electrons. The van der Waals surface area contributed by atoms with E-state index in [1.165, 1.54) is 18.2 Å². The van der Waals surface area contributed by atoms with Gasteiger partial charge in [-0.1, -0.05) is 30.3 Å². The van der Waals surface area contributed by atoms with E-state index in [2.05, 4.69) is 4.74 Å². The van der Waals surface area contributed by atoms with Crippen molar-refractivity contribution in [2.45, 2.75) is 30.3 Å². The number of carbonyl (C=O) groups excluding carboxylic acids is 1. The van der Waals surface area contributed by atoms with E-state index in [0.717, 1.165) is 19.2 Å². The van der Waals surface area contributed by atoms with E-state index < -0.39 is 34.9 Å². The molecule has 0 saturated carbocycles. The Labute approximate surface area is 135 Å². The number of methoxy groups -OCH3 is 1. The van der Waals surface area contributed by atoms with Crippen LogP contribution in [0.3, 0.4) is 0 Å². The number of aliphatic carboxylic acids is 1. The van der Waals surface area contributed by atoms with Crippen LogP contribution in [0.2, 0.25) is 0 Å². The molecule has 24 heavy (non-hydrogen) atoms. The molecule has 1 unspecified atom stereocenters. The van der Waals surface area contributed by atoms with Crippen molar-refractivity contribution in [1.82, 2.24) is 5.32 Å². The van der Waals surface area contributed by atoms with Gasteiger partial charge in [0.2, 0.25) is 5.72 Å². The average molecular weight is 347 g/mol. The first-order chi connectivity index (χ1) is 11.2. The monoisotopic (exact) mass is 347 g/mol. The average Bonchev–Trinajstić information content (AvgIpc) is 2.98. The normalized spacial score (nSPS) is 23.5. The summed E-state index contributed by atoms with van der Waals surface area (Å²) in [6.45, 7) is 0.0178. The molecule has 1 aromatic carbocycles. The Bertz CT molecular complexity index is 613. The molecule has 1 heterocycles. The number of amides is 1. The molecule has 1 aliphatic heterocycles. The third kappa shape index (κ3) is 2.84. The standard InChI is InChI=1S/C15H16F3NO5/c1-23-14(15(16,17)18,10-6-3-2-4-7-10)11(20)19-13(12(21)22)8-5-9-24-13/h2-4,6-7H,5,8-9H2,1H3,(H,19,20)(H,21,22)/t13-,14?/m1/s1. The minimum absolute atomic E-state index is 0.0178. The summed E-state index contributed by atoms with van der Waals surface area (Å²) in [6, 6.07) is 6.29. The Hall–Kier alpha value is -2.13. The summed E-state index contributed by atoms with van der Waals surface area (Å²) in [6.07, 6.45) is -4.96. The number of nitrogens with one attached hydrogen (secondary N) is 1. The van der Waals surface area contributed by atoms with Gasteiger partial charge in [0.05, 0.1) is 6.61 Å². The van der Waals surface area contributed by atoms with Gasteiger partial charge in [-0.05, 0) is 6.42 Å². The number of halogens is 3. The molecular formula is C15H16F3NO5. The van der Waals surface area contributed by atoms with E-state index in [-0.39, 0.29) is 13.0 Å². The second-order valence-electron chi connectivity index (χ2n) is 5.29. The zero-order valence-electron chi connectivity index (χ0n) is 12.7. The zero-order chi connectivity index (χ0) is 18.0. The lowest BCUT2D eigenvalue weighted by Gasteiger charge is -2.36. The molecule has 1 saturated heterocycles. The first kappa shape index (κ1) is 18.2. The largest absolute Gasteiger partial charge is 0.478 e. The van der Waals surface area contributed by atoms with Gasteiger partial charge in [0.1, 0.15) is 0 Å². The summed E-state index contributed by atoms with van der Waals surface area (Å²) in [4.78, 5) is 23.9. The van der Waals surface area contributed by atoms with E-state index in [1.807, 2.05) is 5.32 Å². The maximum atomic E-state index is 13.7. The molecule has 0 aliphatic carbocycles. The number of carboxylic acid groups (broad SMARTS) is 1. The minimum atomic E-state index is -5.12. The van der Waals surface area contributed by atoms with Crippen LogP contribution in [0, 0.1) is 0 Å². The van der Waals surface area contributed by atoms with E-state index in [1.54, 1.807) is 0 Å². The lowest BCUT2D eigenvalue weighted by atomic mass is 9.91. The van der Waals surface area contributed by atoms with Crippen LogP contribution in [0.25, 0.3) is 0 Å². The van der Waals surface area contributed by atoms with Crippen molar-refractivity contribution in [3.05, 3.63) is 35.9 Å². The maximum absolute atomic E-state index is 13.7. The Morgan fingerprint density at radius 1 is 1.29 bits per heavy atom. The summed E-state index contributed by atoms with van der Waals surface area (Å²) >= 11 is 0. The van der Waals surface area contributed by atoms with Crippen molar-refractivity contribution >= 4 is 11.9 Å². The van der Waals surface area contributed by atoms with Gasteiger partial charge >= 0.3 is 12.1 Å². The molecule has 1 amide bonds. The summed E-state index contributed by atoms with van der Waals surface area (Å²) in [5.74, 6) is -3.21. The Balaban J connectivity index is 2.48. The van der Waals surface area contributed by atoms with Crippen LogP contribution in [0.1, 0.15) is 18.4 Å². The van der Waals surface area contributed by atoms with Crippen LogP contribution < -0.4 is 5.32 Å². The van der Waals surface area contributed by atoms with Crippen LogP contribution in [0.4, 0.5) is 13.2 Å². The molecule has 6 nitrogen and oxygen atoms in total. The van der Waals surface area contributed by atoms with E-state index in [4.69, 9.17) is 4.74 Å². The van der Waals surface area contributed by atoms with Crippen LogP contribution >= 0.6 is 0 Å². The van der Waals surface area contributed by atoms with Crippen molar-refractivity contribution in [3.8, 4) is 0 Å². The highest BCUT2D eigenvalue weighted by Crippen LogP contribution is 2.43. The smallest absolute Gasteiger partial charge is 0.430 e. The number of ether oxygens (including phenoxy) is 2. The third-order valence-electron chi connectivity index (χ3n) is 3.89. The number of hydrogen-bond acceptors (Lipinski definition) is 4. The molecule has 2 atom stereocenters. The van der Waals surface area contributed by atoms with Crippen molar-refractivity contribution < 1.29 is 37.3 Å². The van der Waals surface area contributed by atoms with Crippen LogP contribution in [0.5, 0.6) is 0 Å². The van der Waals surface area contributed by atoms with E-state index in [0.29, 0.717) is 6.42 Å². The van der Waals surface area contributed by atoms with Gasteiger partial charge in [-0.15, -0.1) is 0 Å². The highest BCUT2D eigenvalue weighted by atomic mass is 19.4. The molecule has 1 fully saturated rings. The van der Waals surface area contributed by atoms with Gasteiger partial charge in [-0.25, -0.2) is 4.79 Å². The number of rotatable bonds is 5. The van der Waals surface area contributed by atoms with Gasteiger partial charge < -0.3 is 19.9 Å². The number of alkyl halides is 3. The zero-order valence-corrected chi connectivity index (χ0v) is 12.7. The predicted octanol–water partition coefficient (Wildman–Crippen LogP) is 1.80. The fraction of sp³-hybridized carbons (Fsp3) is 0.467. The van der Waals surface area contributed by atoms with Crippen molar-refractivity contribution in [3.63, 3.8) is 0 Å². The number of carboxylic acids is 1. The molecule has 0 radical (unpaired) electrons. The lowest BCUT2D eigenvalue weighted by molar-refractivity contribution is -0.267. The van der Waals surface area contributed by atoms with Gasteiger partial charge in [-0.2, -0.15) is 13.2 Å². The van der Waals surface area contributed by atoms with Crippen molar-refractivity contribution in [2.24, 2.45) is 0 Å². The molecule has 0 aromatic heterocycles. The highest BCUT2D eigenvalue weighted by Gasteiger charge is 2.64. The number of hydrogen-bond donors (Lipinski definition) is 2. The van der Waals surface area contributed by atoms with Gasteiger partial charge in [0, 0.05) is 19.1 Å². The fourth-order valence-electron chi connectivity index (χ4n) is 2.65. The van der Waals surface area contributed by atoms with E-state index in [9.17, 15) is 27.9 Å². The quantitative estimate of drug-likeness (QED) is 0.848. The third-order valence-corrected chi connectivity index (χ3v) is 3.89. The molecule has 2 N–H and O–H groups in total. The first-order valence-corrected chi connectivity index (χ1v) is 7.07. The Morgan fingerprint density at radius 2 is 1.92 bits per heavy atom. The molecule has 1 aromatic rings. The SMILES string of the molecule is COC(C(=O)N[C@]1(C(=O)O)CCCO1)(c1ccccc1)C(F)(F)F. The van der Waals surface area contributed by atoms with Gasteiger partial charge in [0.15, 0.2) is 0 Å². The number of carbonyl (C=O) groups is 2. The molecular weight excluding hydrogens is 331 g/mol. The molecule has 0 spiro atoms. The molecule has 0 bridgehead atoms. The van der Waals surface area contributed by atoms with Crippen LogP contribution in [-0.4, -0.2) is 42.6 Å². The predicted molar refractivity (Wildman–Crippen MR) is 74.9 cm³/mol.